The Labute approximate surface area is 419 Å². The van der Waals surface area contributed by atoms with Crippen LogP contribution in [0.15, 0.2) is 35.9 Å². The minimum Gasteiger partial charge on any atom is -0.495 e. The number of carbonyl (C=O) groups excluding carboxylic acids is 6. The van der Waals surface area contributed by atoms with Gasteiger partial charge in [0.1, 0.15) is 40.3 Å². The van der Waals surface area contributed by atoms with Crippen LogP contribution in [0.5, 0.6) is 5.75 Å². The number of rotatable bonds is 23. The van der Waals surface area contributed by atoms with E-state index in [1.807, 2.05) is 6.92 Å². The van der Waals surface area contributed by atoms with Crippen molar-refractivity contribution in [2.75, 3.05) is 92.6 Å². The van der Waals surface area contributed by atoms with Gasteiger partial charge < -0.3 is 74.3 Å². The summed E-state index contributed by atoms with van der Waals surface area (Å²) in [7, 11) is 5.86. The zero-order valence-electron chi connectivity index (χ0n) is 41.7. The van der Waals surface area contributed by atoms with Crippen molar-refractivity contribution in [2.24, 2.45) is 11.1 Å². The van der Waals surface area contributed by atoms with Crippen LogP contribution < -0.4 is 31.3 Å². The Morgan fingerprint density at radius 2 is 1.63 bits per heavy atom. The maximum atomic E-state index is 14.3. The lowest BCUT2D eigenvalue weighted by atomic mass is 9.83. The lowest BCUT2D eigenvalue weighted by Gasteiger charge is -2.41. The second-order valence-corrected chi connectivity index (χ2v) is 19.0. The molecule has 2 saturated heterocycles. The van der Waals surface area contributed by atoms with Crippen LogP contribution in [0, 0.1) is 5.41 Å². The standard InChI is InChI=1S/C48H71ClN6O16/c1-30-10-8-11-34(56)48(63)29-47(71-44(62)53-48)28-45(47,2)43-46(3,70-43)35(27-39(60)54(5)32-25-31(24-30)26-33(64-7)40(32)49)69-42(61)41(50)55(6)38(59)13-9-12-37(58)52-15-17-66-19-21-68-23-22-67-20-18-65-16-14-36(57)51-4/h8,10-11,25-26,34-35,41,43,56,63H,9,12-24,27-29,50H2,1-7H3,(H,51,57)(H,52,58)(H,53,62)/b11-8+,30-10+/t34-,35+,41-,43+,45-,46?,47+,48+/m1/s1. The molecule has 3 heterocycles. The predicted octanol–water partition coefficient (Wildman–Crippen LogP) is 1.39. The molecule has 0 radical (unpaired) electrons. The van der Waals surface area contributed by atoms with Crippen molar-refractivity contribution < 1.29 is 76.9 Å². The van der Waals surface area contributed by atoms with E-state index >= 15 is 0 Å². The number of likely N-dealkylation sites (N-methyl/N-ethyl adjacent to an activating group) is 1. The SMILES string of the molecule is CNC(=O)CCOCCOCCOCCOCCNC(=O)CCCC(=O)N(C)[C@@H](N)C(=O)O[C@H]1CC(=O)N(C)c2cc(cc(OC)c2Cl)C/C(C)=C/C=C/[C@@H](O)[C@@]2(O)C[C@]3(C[C@]3(C)[C@@H]3OC13C)OC(=O)N2. The third kappa shape index (κ3) is 14.6. The molecule has 1 aromatic carbocycles. The first-order valence-corrected chi connectivity index (χ1v) is 24.1. The van der Waals surface area contributed by atoms with Crippen molar-refractivity contribution >= 4 is 53.0 Å². The van der Waals surface area contributed by atoms with E-state index in [9.17, 15) is 39.0 Å². The van der Waals surface area contributed by atoms with Crippen LogP contribution in [-0.4, -0.2) is 180 Å². The topological polar surface area (TPSA) is 289 Å². The molecule has 0 aromatic heterocycles. The number of amides is 5. The minimum atomic E-state index is -2.12. The van der Waals surface area contributed by atoms with Crippen LogP contribution in [0.3, 0.4) is 0 Å². The fraction of sp³-hybridized carbons (Fsp3) is 0.667. The number of halogens is 1. The van der Waals surface area contributed by atoms with Crippen molar-refractivity contribution in [2.45, 2.75) is 114 Å². The van der Waals surface area contributed by atoms with Crippen LogP contribution in [0.4, 0.5) is 10.5 Å². The lowest BCUT2D eigenvalue weighted by Crippen LogP contribution is -2.63. The van der Waals surface area contributed by atoms with Gasteiger partial charge in [-0.1, -0.05) is 42.3 Å². The van der Waals surface area contributed by atoms with E-state index in [0.29, 0.717) is 70.5 Å². The number of hydrogen-bond donors (Lipinski definition) is 6. The van der Waals surface area contributed by atoms with E-state index in [1.54, 1.807) is 45.2 Å². The number of epoxide rings is 1. The van der Waals surface area contributed by atoms with Crippen molar-refractivity contribution in [3.8, 4) is 5.75 Å². The maximum Gasteiger partial charge on any atom is 0.410 e. The summed E-state index contributed by atoms with van der Waals surface area (Å²) in [4.78, 5) is 80.4. The first kappa shape index (κ1) is 57.0. The van der Waals surface area contributed by atoms with Crippen molar-refractivity contribution in [1.29, 1.82) is 0 Å². The zero-order valence-corrected chi connectivity index (χ0v) is 42.4. The van der Waals surface area contributed by atoms with Gasteiger partial charge in [0.25, 0.3) is 0 Å². The van der Waals surface area contributed by atoms with Crippen LogP contribution in [0.1, 0.15) is 71.3 Å². The van der Waals surface area contributed by atoms with Crippen molar-refractivity contribution in [3.63, 3.8) is 0 Å². The molecule has 4 aliphatic rings. The molecule has 7 N–H and O–H groups in total. The van der Waals surface area contributed by atoms with Crippen molar-refractivity contribution in [3.05, 3.63) is 46.5 Å². The first-order valence-electron chi connectivity index (χ1n) is 23.7. The Hall–Kier alpha value is -4.91. The number of carbonyl (C=O) groups is 6. The molecule has 3 fully saturated rings. The van der Waals surface area contributed by atoms with Gasteiger partial charge >= 0.3 is 12.1 Å². The number of esters is 1. The van der Waals surface area contributed by atoms with E-state index < -0.39 is 77.1 Å². The number of aliphatic hydroxyl groups is 2. The summed E-state index contributed by atoms with van der Waals surface area (Å²) >= 11 is 6.77. The summed E-state index contributed by atoms with van der Waals surface area (Å²) in [5.41, 5.74) is 2.43. The maximum absolute atomic E-state index is 14.3. The molecule has 23 heteroatoms. The Kier molecular flexibility index (Phi) is 20.2. The summed E-state index contributed by atoms with van der Waals surface area (Å²) in [6.07, 6.45) is -1.25. The van der Waals surface area contributed by atoms with Crippen LogP contribution in [0.2, 0.25) is 5.02 Å². The number of ether oxygens (including phenoxy) is 8. The van der Waals surface area contributed by atoms with E-state index in [0.717, 1.165) is 16.0 Å². The van der Waals surface area contributed by atoms with Gasteiger partial charge in [0, 0.05) is 58.8 Å². The summed E-state index contributed by atoms with van der Waals surface area (Å²) < 4.78 is 45.4. The average Bonchev–Trinajstić information content (AvgIpc) is 4.19. The largest absolute Gasteiger partial charge is 0.495 e. The number of alkyl carbamates (subject to hydrolysis) is 1. The van der Waals surface area contributed by atoms with Gasteiger partial charge in [-0.05, 0) is 50.8 Å². The van der Waals surface area contributed by atoms with Crippen LogP contribution in [0.25, 0.3) is 0 Å². The van der Waals surface area contributed by atoms with E-state index in [4.69, 9.17) is 55.2 Å². The van der Waals surface area contributed by atoms with Crippen LogP contribution >= 0.6 is 11.6 Å². The average molecular weight is 1020 g/mol. The second-order valence-electron chi connectivity index (χ2n) is 18.6. The number of hydrogen-bond acceptors (Lipinski definition) is 17. The van der Waals surface area contributed by atoms with E-state index in [1.165, 1.54) is 32.2 Å². The highest BCUT2D eigenvalue weighted by atomic mass is 35.5. The van der Waals surface area contributed by atoms with Gasteiger partial charge in [-0.3, -0.25) is 24.5 Å². The van der Waals surface area contributed by atoms with Gasteiger partial charge in [-0.2, -0.15) is 0 Å². The highest BCUT2D eigenvalue weighted by Crippen LogP contribution is 2.72. The molecule has 1 unspecified atom stereocenters. The fourth-order valence-corrected chi connectivity index (χ4v) is 9.20. The number of nitrogens with zero attached hydrogens (tertiary/aromatic N) is 2. The number of nitrogens with two attached hydrogens (primary N) is 1. The Balaban J connectivity index is 1.15. The quantitative estimate of drug-likeness (QED) is 0.0391. The van der Waals surface area contributed by atoms with E-state index in [-0.39, 0.29) is 62.1 Å². The summed E-state index contributed by atoms with van der Waals surface area (Å²) in [6.45, 7) is 8.24. The first-order chi connectivity index (χ1) is 33.6. The van der Waals surface area contributed by atoms with Gasteiger partial charge in [-0.15, -0.1) is 0 Å². The highest BCUT2D eigenvalue weighted by Gasteiger charge is 2.83. The van der Waals surface area contributed by atoms with Gasteiger partial charge in [-0.25, -0.2) is 9.59 Å². The highest BCUT2D eigenvalue weighted by molar-refractivity contribution is 6.35. The molecule has 8 atom stereocenters. The fourth-order valence-electron chi connectivity index (χ4n) is 8.89. The lowest BCUT2D eigenvalue weighted by molar-refractivity contribution is -0.162. The normalized spacial score (nSPS) is 28.6. The molecular formula is C48H71ClN6O16. The number of benzene rings is 1. The van der Waals surface area contributed by atoms with E-state index in [2.05, 4.69) is 16.0 Å². The molecule has 3 aliphatic heterocycles. The smallest absolute Gasteiger partial charge is 0.410 e. The molecule has 1 aliphatic carbocycles. The van der Waals surface area contributed by atoms with Crippen molar-refractivity contribution in [1.82, 2.24) is 20.9 Å². The molecule has 22 nitrogen and oxygen atoms in total. The molecule has 4 bridgehead atoms. The monoisotopic (exact) mass is 1020 g/mol. The molecule has 5 rings (SSSR count). The molecule has 1 spiro atoms. The zero-order chi connectivity index (χ0) is 52.1. The Morgan fingerprint density at radius 1 is 0.986 bits per heavy atom. The Bertz CT molecular complexity index is 2150. The number of nitrogens with one attached hydrogen (secondary N) is 3. The number of anilines is 1. The van der Waals surface area contributed by atoms with Crippen LogP contribution in [-0.2, 0) is 63.6 Å². The number of allylic oxidation sites excluding steroid dienone is 3. The van der Waals surface area contributed by atoms with Gasteiger partial charge in [0.05, 0.1) is 72.1 Å². The van der Waals surface area contributed by atoms with Gasteiger partial charge in [0.15, 0.2) is 11.9 Å². The number of methoxy groups -OCH3 is 1. The molecule has 1 aromatic rings. The Morgan fingerprint density at radius 3 is 2.28 bits per heavy atom. The summed E-state index contributed by atoms with van der Waals surface area (Å²) in [6, 6.07) is 3.46. The third-order valence-electron chi connectivity index (χ3n) is 13.4. The number of aliphatic hydroxyl groups excluding tert-OH is 1. The molecule has 396 valence electrons. The minimum absolute atomic E-state index is 0.0179. The second kappa shape index (κ2) is 25.2. The summed E-state index contributed by atoms with van der Waals surface area (Å²) in [5.74, 6) is -2.19. The number of fused-ring (bicyclic) bond motifs is 5. The molecular weight excluding hydrogens is 952 g/mol. The predicted molar refractivity (Wildman–Crippen MR) is 256 cm³/mol. The molecule has 71 heavy (non-hydrogen) atoms. The third-order valence-corrected chi connectivity index (χ3v) is 13.7. The molecule has 5 amide bonds. The van der Waals surface area contributed by atoms with Gasteiger partial charge in [0.2, 0.25) is 23.6 Å². The molecule has 1 saturated carbocycles. The summed E-state index contributed by atoms with van der Waals surface area (Å²) in [5, 5.41) is 30.7.